The molecule has 84 valence electrons. The zero-order chi connectivity index (χ0) is 11.4. The Balaban J connectivity index is 2.08. The van der Waals surface area contributed by atoms with E-state index in [0.29, 0.717) is 16.6 Å². The summed E-state index contributed by atoms with van der Waals surface area (Å²) in [5.74, 6) is 6.52. The first kappa shape index (κ1) is 11.3. The highest BCUT2D eigenvalue weighted by Crippen LogP contribution is 2.24. The smallest absolute Gasteiger partial charge is 0.165 e. The lowest BCUT2D eigenvalue weighted by Gasteiger charge is -2.04. The molecule has 0 radical (unpaired) electrons. The normalized spacial score (nSPS) is 10.4. The van der Waals surface area contributed by atoms with Gasteiger partial charge in [-0.05, 0) is 12.1 Å². The fraction of sp³-hybridized carbons (Fsp3) is 0.111. The van der Waals surface area contributed by atoms with Crippen LogP contribution in [0.15, 0.2) is 29.7 Å². The molecule has 0 atom stereocenters. The maximum absolute atomic E-state index is 6.02. The molecule has 2 aromatic rings. The van der Waals surface area contributed by atoms with Crippen LogP contribution in [0.5, 0.6) is 0 Å². The highest BCUT2D eigenvalue weighted by molar-refractivity contribution is 7.98. The van der Waals surface area contributed by atoms with E-state index in [-0.39, 0.29) is 0 Å². The van der Waals surface area contributed by atoms with Gasteiger partial charge in [0.2, 0.25) is 0 Å². The van der Waals surface area contributed by atoms with Crippen LogP contribution in [0.2, 0.25) is 5.02 Å². The van der Waals surface area contributed by atoms with Crippen LogP contribution in [0.4, 0.5) is 5.82 Å². The highest BCUT2D eigenvalue weighted by Gasteiger charge is 2.05. The Hall–Kier alpha value is -1.24. The second-order valence-corrected chi connectivity index (χ2v) is 4.32. The molecule has 0 unspecified atom stereocenters. The van der Waals surface area contributed by atoms with E-state index in [9.17, 15) is 0 Å². The minimum Gasteiger partial charge on any atom is -0.340 e. The number of halogens is 1. The van der Waals surface area contributed by atoms with Crippen molar-refractivity contribution in [2.45, 2.75) is 10.9 Å². The third-order valence-electron chi connectivity index (χ3n) is 1.89. The van der Waals surface area contributed by atoms with Crippen molar-refractivity contribution in [1.82, 2.24) is 15.0 Å². The standard InChI is InChI=1S/C9H10ClN5S/c10-6-1-2-8(15-11)14-7(6)5-16-9-12-3-4-13-9/h1-4H,5,11H2,(H,12,13)(H,14,15). The van der Waals surface area contributed by atoms with Gasteiger partial charge in [0.05, 0.1) is 10.7 Å². The molecule has 16 heavy (non-hydrogen) atoms. The molecular formula is C9H10ClN5S. The topological polar surface area (TPSA) is 79.6 Å². The van der Waals surface area contributed by atoms with E-state index < -0.39 is 0 Å². The quantitative estimate of drug-likeness (QED) is 0.443. The van der Waals surface area contributed by atoms with Crippen molar-refractivity contribution < 1.29 is 0 Å². The molecule has 7 heteroatoms. The van der Waals surface area contributed by atoms with E-state index in [0.717, 1.165) is 10.9 Å². The van der Waals surface area contributed by atoms with Gasteiger partial charge in [0.1, 0.15) is 5.82 Å². The molecule has 0 amide bonds. The molecule has 0 aliphatic heterocycles. The van der Waals surface area contributed by atoms with Crippen molar-refractivity contribution in [1.29, 1.82) is 0 Å². The third-order valence-corrected chi connectivity index (χ3v) is 3.14. The molecule has 4 N–H and O–H groups in total. The number of anilines is 1. The van der Waals surface area contributed by atoms with E-state index >= 15 is 0 Å². The Morgan fingerprint density at radius 1 is 1.50 bits per heavy atom. The Bertz CT molecular complexity index is 459. The molecular weight excluding hydrogens is 246 g/mol. The first-order valence-electron chi connectivity index (χ1n) is 4.54. The molecule has 2 rings (SSSR count). The highest BCUT2D eigenvalue weighted by atomic mass is 35.5. The summed E-state index contributed by atoms with van der Waals surface area (Å²) in [4.78, 5) is 11.4. The molecule has 0 aliphatic rings. The summed E-state index contributed by atoms with van der Waals surface area (Å²) in [5, 5.41) is 1.46. The number of imidazole rings is 1. The fourth-order valence-electron chi connectivity index (χ4n) is 1.13. The molecule has 2 aromatic heterocycles. The van der Waals surface area contributed by atoms with Crippen LogP contribution in [0.25, 0.3) is 0 Å². The van der Waals surface area contributed by atoms with Gasteiger partial charge in [-0.15, -0.1) is 0 Å². The zero-order valence-electron chi connectivity index (χ0n) is 8.27. The van der Waals surface area contributed by atoms with Crippen LogP contribution in [0.1, 0.15) is 5.69 Å². The molecule has 5 nitrogen and oxygen atoms in total. The van der Waals surface area contributed by atoms with Crippen molar-refractivity contribution in [3.05, 3.63) is 35.2 Å². The van der Waals surface area contributed by atoms with Crippen molar-refractivity contribution in [2.24, 2.45) is 5.84 Å². The second kappa shape index (κ2) is 5.20. The van der Waals surface area contributed by atoms with E-state index in [1.54, 1.807) is 24.5 Å². The molecule has 0 aliphatic carbocycles. The summed E-state index contributed by atoms with van der Waals surface area (Å²) < 4.78 is 0. The molecule has 0 aromatic carbocycles. The molecule has 0 saturated carbocycles. The van der Waals surface area contributed by atoms with Gasteiger partial charge in [-0.2, -0.15) is 0 Å². The van der Waals surface area contributed by atoms with Gasteiger partial charge in [0.25, 0.3) is 0 Å². The number of nitrogens with zero attached hydrogens (tertiary/aromatic N) is 2. The Labute approximate surface area is 102 Å². The maximum Gasteiger partial charge on any atom is 0.165 e. The number of nitrogens with two attached hydrogens (primary N) is 1. The van der Waals surface area contributed by atoms with Crippen LogP contribution >= 0.6 is 23.4 Å². The van der Waals surface area contributed by atoms with Crippen molar-refractivity contribution in [3.63, 3.8) is 0 Å². The predicted molar refractivity (Wildman–Crippen MR) is 65.2 cm³/mol. The van der Waals surface area contributed by atoms with E-state index in [1.807, 2.05) is 0 Å². The number of pyridine rings is 1. The lowest BCUT2D eigenvalue weighted by molar-refractivity contribution is 1.05. The molecule has 0 spiro atoms. The maximum atomic E-state index is 6.02. The monoisotopic (exact) mass is 255 g/mol. The second-order valence-electron chi connectivity index (χ2n) is 2.95. The number of hydrazine groups is 1. The van der Waals surface area contributed by atoms with Gasteiger partial charge in [0, 0.05) is 18.1 Å². The molecule has 2 heterocycles. The third kappa shape index (κ3) is 2.66. The van der Waals surface area contributed by atoms with Crippen molar-refractivity contribution in [2.75, 3.05) is 5.43 Å². The lowest BCUT2D eigenvalue weighted by atomic mass is 10.4. The summed E-state index contributed by atoms with van der Waals surface area (Å²) in [7, 11) is 0. The van der Waals surface area contributed by atoms with Crippen LogP contribution < -0.4 is 11.3 Å². The number of nitrogens with one attached hydrogen (secondary N) is 2. The average Bonchev–Trinajstić information content (AvgIpc) is 2.81. The summed E-state index contributed by atoms with van der Waals surface area (Å²) in [6, 6.07) is 3.49. The molecule has 0 bridgehead atoms. The first-order chi connectivity index (χ1) is 7.79. The molecule has 0 saturated heterocycles. The number of aromatic amines is 1. The Morgan fingerprint density at radius 3 is 3.06 bits per heavy atom. The summed E-state index contributed by atoms with van der Waals surface area (Å²) >= 11 is 7.55. The predicted octanol–water partition coefficient (Wildman–Crippen LogP) is 2.04. The van der Waals surface area contributed by atoms with Crippen LogP contribution in [-0.2, 0) is 5.75 Å². The van der Waals surface area contributed by atoms with E-state index in [1.165, 1.54) is 11.8 Å². The minimum absolute atomic E-state index is 0.597. The number of nitrogen functional groups attached to an aromatic ring is 1. The van der Waals surface area contributed by atoms with Gasteiger partial charge in [-0.25, -0.2) is 15.8 Å². The number of hydrogen-bond donors (Lipinski definition) is 3. The van der Waals surface area contributed by atoms with E-state index in [4.69, 9.17) is 17.4 Å². The molecule has 0 fully saturated rings. The van der Waals surface area contributed by atoms with Crippen LogP contribution in [0.3, 0.4) is 0 Å². The summed E-state index contributed by atoms with van der Waals surface area (Å²) in [5.41, 5.74) is 3.26. The van der Waals surface area contributed by atoms with Crippen molar-refractivity contribution in [3.8, 4) is 0 Å². The van der Waals surface area contributed by atoms with Gasteiger partial charge < -0.3 is 10.4 Å². The largest absolute Gasteiger partial charge is 0.340 e. The van der Waals surface area contributed by atoms with Crippen LogP contribution in [0, 0.1) is 0 Å². The van der Waals surface area contributed by atoms with Crippen molar-refractivity contribution >= 4 is 29.2 Å². The first-order valence-corrected chi connectivity index (χ1v) is 5.90. The Morgan fingerprint density at radius 2 is 2.38 bits per heavy atom. The number of aromatic nitrogens is 3. The number of H-pyrrole nitrogens is 1. The van der Waals surface area contributed by atoms with Gasteiger partial charge in [-0.1, -0.05) is 23.4 Å². The number of hydrogen-bond acceptors (Lipinski definition) is 5. The van der Waals surface area contributed by atoms with Gasteiger partial charge in [0.15, 0.2) is 5.16 Å². The van der Waals surface area contributed by atoms with Gasteiger partial charge >= 0.3 is 0 Å². The number of rotatable bonds is 4. The number of thioether (sulfide) groups is 1. The summed E-state index contributed by atoms with van der Waals surface area (Å²) in [6.45, 7) is 0. The van der Waals surface area contributed by atoms with Gasteiger partial charge in [-0.3, -0.25) is 0 Å². The lowest BCUT2D eigenvalue weighted by Crippen LogP contribution is -2.09. The zero-order valence-corrected chi connectivity index (χ0v) is 9.85. The van der Waals surface area contributed by atoms with E-state index in [2.05, 4.69) is 20.4 Å². The minimum atomic E-state index is 0.597. The summed E-state index contributed by atoms with van der Waals surface area (Å²) in [6.07, 6.45) is 3.48. The average molecular weight is 256 g/mol. The Kier molecular flexibility index (Phi) is 3.66. The fourth-order valence-corrected chi connectivity index (χ4v) is 2.16. The van der Waals surface area contributed by atoms with Crippen LogP contribution in [-0.4, -0.2) is 15.0 Å². The SMILES string of the molecule is NNc1ccc(Cl)c(CSc2ncc[nH]2)n1.